The van der Waals surface area contributed by atoms with Gasteiger partial charge >= 0.3 is 0 Å². The van der Waals surface area contributed by atoms with E-state index in [0.717, 1.165) is 42.9 Å². The number of hydrogen-bond donors (Lipinski definition) is 1. The Labute approximate surface area is 138 Å². The van der Waals surface area contributed by atoms with E-state index in [1.54, 1.807) is 0 Å². The van der Waals surface area contributed by atoms with Gasteiger partial charge in [0.15, 0.2) is 0 Å². The molecule has 1 aromatic carbocycles. The number of likely N-dealkylation sites (tertiary alicyclic amines) is 1. The zero-order chi connectivity index (χ0) is 15.4. The number of benzene rings is 1. The van der Waals surface area contributed by atoms with E-state index >= 15 is 0 Å². The van der Waals surface area contributed by atoms with Crippen molar-refractivity contribution >= 4 is 17.5 Å². The van der Waals surface area contributed by atoms with Crippen LogP contribution >= 0.6 is 11.6 Å². The van der Waals surface area contributed by atoms with Crippen molar-refractivity contribution in [1.82, 2.24) is 10.2 Å². The number of halogens is 1. The van der Waals surface area contributed by atoms with Crippen LogP contribution in [0, 0.1) is 0 Å². The van der Waals surface area contributed by atoms with Gasteiger partial charge in [-0.05, 0) is 56.5 Å². The third-order valence-corrected chi connectivity index (χ3v) is 5.45. The molecule has 0 atom stereocenters. The first kappa shape index (κ1) is 15.8. The maximum Gasteiger partial charge on any atom is 0.230 e. The summed E-state index contributed by atoms with van der Waals surface area (Å²) in [5.74, 6) is 0.193. The van der Waals surface area contributed by atoms with E-state index in [9.17, 15) is 4.79 Å². The minimum Gasteiger partial charge on any atom is -0.354 e. The zero-order valence-corrected chi connectivity index (χ0v) is 13.9. The zero-order valence-electron chi connectivity index (χ0n) is 13.1. The van der Waals surface area contributed by atoms with Crippen LogP contribution in [-0.2, 0) is 10.2 Å². The molecular weight excluding hydrogens is 296 g/mol. The van der Waals surface area contributed by atoms with Crippen LogP contribution in [0.2, 0.25) is 5.02 Å². The van der Waals surface area contributed by atoms with E-state index in [1.807, 2.05) is 24.3 Å². The lowest BCUT2D eigenvalue weighted by molar-refractivity contribution is -0.130. The smallest absolute Gasteiger partial charge is 0.230 e. The van der Waals surface area contributed by atoms with Crippen LogP contribution in [0.25, 0.3) is 0 Å². The van der Waals surface area contributed by atoms with Crippen LogP contribution in [0.1, 0.15) is 44.1 Å². The molecule has 1 aliphatic heterocycles. The highest BCUT2D eigenvalue weighted by molar-refractivity contribution is 6.30. The van der Waals surface area contributed by atoms with Crippen LogP contribution in [0.3, 0.4) is 0 Å². The van der Waals surface area contributed by atoms with Crippen molar-refractivity contribution in [2.24, 2.45) is 0 Å². The van der Waals surface area contributed by atoms with E-state index < -0.39 is 0 Å². The molecule has 1 saturated carbocycles. The van der Waals surface area contributed by atoms with Crippen LogP contribution < -0.4 is 5.32 Å². The van der Waals surface area contributed by atoms with Crippen LogP contribution in [0.15, 0.2) is 24.3 Å². The van der Waals surface area contributed by atoms with Gasteiger partial charge in [-0.1, -0.05) is 36.6 Å². The molecular formula is C18H25ClN2O. The van der Waals surface area contributed by atoms with Crippen LogP contribution in [-0.4, -0.2) is 37.0 Å². The summed E-state index contributed by atoms with van der Waals surface area (Å²) in [4.78, 5) is 15.2. The Morgan fingerprint density at radius 3 is 2.36 bits per heavy atom. The van der Waals surface area contributed by atoms with Crippen molar-refractivity contribution in [1.29, 1.82) is 0 Å². The van der Waals surface area contributed by atoms with E-state index in [2.05, 4.69) is 10.2 Å². The van der Waals surface area contributed by atoms with Gasteiger partial charge < -0.3 is 10.2 Å². The molecule has 1 saturated heterocycles. The quantitative estimate of drug-likeness (QED) is 0.902. The fraction of sp³-hybridized carbons (Fsp3) is 0.611. The molecule has 0 spiro atoms. The maximum atomic E-state index is 12.7. The predicted octanol–water partition coefficient (Wildman–Crippen LogP) is 3.36. The lowest BCUT2D eigenvalue weighted by Crippen LogP contribution is -2.50. The van der Waals surface area contributed by atoms with Gasteiger partial charge in [0, 0.05) is 18.1 Å². The molecule has 0 radical (unpaired) electrons. The summed E-state index contributed by atoms with van der Waals surface area (Å²) in [6, 6.07) is 7.79. The lowest BCUT2D eigenvalue weighted by atomic mass is 9.64. The predicted molar refractivity (Wildman–Crippen MR) is 90.3 cm³/mol. The summed E-state index contributed by atoms with van der Waals surface area (Å²) in [6.45, 7) is 4.09. The van der Waals surface area contributed by atoms with Crippen molar-refractivity contribution in [2.75, 3.05) is 26.2 Å². The average molecular weight is 321 g/mol. The molecule has 1 amide bonds. The minimum absolute atomic E-state index is 0.193. The second-order valence-corrected chi connectivity index (χ2v) is 7.04. The fourth-order valence-electron chi connectivity index (χ4n) is 3.63. The summed E-state index contributed by atoms with van der Waals surface area (Å²) in [5.41, 5.74) is 0.797. The van der Waals surface area contributed by atoms with Gasteiger partial charge in [0.25, 0.3) is 0 Å². The van der Waals surface area contributed by atoms with E-state index in [4.69, 9.17) is 11.6 Å². The lowest BCUT2D eigenvalue weighted by Gasteiger charge is -2.41. The van der Waals surface area contributed by atoms with Gasteiger partial charge in [-0.25, -0.2) is 0 Å². The monoisotopic (exact) mass is 320 g/mol. The highest BCUT2D eigenvalue weighted by Crippen LogP contribution is 2.44. The molecule has 0 bridgehead atoms. The third kappa shape index (κ3) is 3.31. The highest BCUT2D eigenvalue weighted by atomic mass is 35.5. The normalized spacial score (nSPS) is 21.1. The minimum atomic E-state index is -0.313. The Bertz CT molecular complexity index is 504. The molecule has 120 valence electrons. The molecule has 1 aliphatic carbocycles. The summed E-state index contributed by atoms with van der Waals surface area (Å²) >= 11 is 5.97. The number of amides is 1. The largest absolute Gasteiger partial charge is 0.354 e. The Balaban J connectivity index is 1.56. The standard InChI is InChI=1S/C18H25ClN2O/c19-16-7-5-15(6-8-16)18(9-4-10-18)17(22)20-11-14-21-12-2-1-3-13-21/h5-8H,1-4,9-14H2,(H,20,22). The van der Waals surface area contributed by atoms with Crippen molar-refractivity contribution in [2.45, 2.75) is 43.9 Å². The van der Waals surface area contributed by atoms with Crippen LogP contribution in [0.5, 0.6) is 0 Å². The average Bonchev–Trinajstić information content (AvgIpc) is 2.49. The van der Waals surface area contributed by atoms with Crippen molar-refractivity contribution in [3.05, 3.63) is 34.9 Å². The number of carbonyl (C=O) groups is 1. The van der Waals surface area contributed by atoms with Crippen molar-refractivity contribution < 1.29 is 4.79 Å². The molecule has 2 aliphatic rings. The fourth-order valence-corrected chi connectivity index (χ4v) is 3.75. The first-order valence-corrected chi connectivity index (χ1v) is 8.85. The molecule has 1 aromatic rings. The Hall–Kier alpha value is -1.06. The molecule has 1 heterocycles. The molecule has 4 heteroatoms. The molecule has 1 N–H and O–H groups in total. The first-order valence-electron chi connectivity index (χ1n) is 8.47. The van der Waals surface area contributed by atoms with Crippen molar-refractivity contribution in [3.63, 3.8) is 0 Å². The maximum absolute atomic E-state index is 12.7. The molecule has 0 aromatic heterocycles. The Morgan fingerprint density at radius 1 is 1.09 bits per heavy atom. The van der Waals surface area contributed by atoms with Gasteiger partial charge in [-0.2, -0.15) is 0 Å². The molecule has 0 unspecified atom stereocenters. The van der Waals surface area contributed by atoms with E-state index in [-0.39, 0.29) is 11.3 Å². The summed E-state index contributed by atoms with van der Waals surface area (Å²) in [6.07, 6.45) is 6.96. The SMILES string of the molecule is O=C(NCCN1CCCCC1)C1(c2ccc(Cl)cc2)CCC1. The second-order valence-electron chi connectivity index (χ2n) is 6.60. The molecule has 22 heavy (non-hydrogen) atoms. The van der Waals surface area contributed by atoms with Gasteiger partial charge in [-0.15, -0.1) is 0 Å². The number of piperidine rings is 1. The number of rotatable bonds is 5. The summed E-state index contributed by atoms with van der Waals surface area (Å²) < 4.78 is 0. The first-order chi connectivity index (χ1) is 10.7. The van der Waals surface area contributed by atoms with E-state index in [1.165, 1.54) is 32.4 Å². The number of hydrogen-bond acceptors (Lipinski definition) is 2. The summed E-state index contributed by atoms with van der Waals surface area (Å²) in [7, 11) is 0. The number of nitrogens with zero attached hydrogens (tertiary/aromatic N) is 1. The van der Waals surface area contributed by atoms with Gasteiger partial charge in [0.05, 0.1) is 5.41 Å². The van der Waals surface area contributed by atoms with E-state index in [0.29, 0.717) is 0 Å². The summed E-state index contributed by atoms with van der Waals surface area (Å²) in [5, 5.41) is 3.90. The Morgan fingerprint density at radius 2 is 1.77 bits per heavy atom. The van der Waals surface area contributed by atoms with Crippen molar-refractivity contribution in [3.8, 4) is 0 Å². The highest BCUT2D eigenvalue weighted by Gasteiger charge is 2.45. The third-order valence-electron chi connectivity index (χ3n) is 5.20. The Kier molecular flexibility index (Phi) is 5.04. The van der Waals surface area contributed by atoms with Gasteiger partial charge in [0.1, 0.15) is 0 Å². The van der Waals surface area contributed by atoms with Gasteiger partial charge in [0.2, 0.25) is 5.91 Å². The number of carbonyl (C=O) groups excluding carboxylic acids is 1. The van der Waals surface area contributed by atoms with Crippen LogP contribution in [0.4, 0.5) is 0 Å². The number of nitrogens with one attached hydrogen (secondary N) is 1. The second kappa shape index (κ2) is 7.01. The topological polar surface area (TPSA) is 32.3 Å². The molecule has 3 rings (SSSR count). The molecule has 2 fully saturated rings. The molecule has 3 nitrogen and oxygen atoms in total. The van der Waals surface area contributed by atoms with Gasteiger partial charge in [-0.3, -0.25) is 4.79 Å².